The zero-order valence-electron chi connectivity index (χ0n) is 11.1. The maximum absolute atomic E-state index is 5.95. The highest BCUT2D eigenvalue weighted by atomic mass is 35.5. The fourth-order valence-corrected chi connectivity index (χ4v) is 2.95. The Balaban J connectivity index is 0.00000132. The SMILES string of the molecule is Clc1nc(N[C@H]2CCc3ccccc32)c2[nH]cnc2n1.S. The smallest absolute Gasteiger partial charge is 0.226 e. The molecule has 5 nitrogen and oxygen atoms in total. The predicted octanol–water partition coefficient (Wildman–Crippen LogP) is 3.22. The van der Waals surface area contributed by atoms with Crippen molar-refractivity contribution in [2.75, 3.05) is 5.32 Å². The standard InChI is InChI=1S/C14H12ClN5.H2S/c15-14-19-12-11(16-7-17-12)13(20-14)18-10-6-5-8-3-1-2-4-9(8)10;/h1-4,7,10H,5-6H2,(H2,16,17,18,19,20);1H2/t10-;/m0./s1. The summed E-state index contributed by atoms with van der Waals surface area (Å²) in [7, 11) is 0. The maximum atomic E-state index is 5.95. The van der Waals surface area contributed by atoms with Crippen LogP contribution < -0.4 is 5.32 Å². The Morgan fingerprint density at radius 3 is 3.00 bits per heavy atom. The van der Waals surface area contributed by atoms with Gasteiger partial charge in [0.25, 0.3) is 0 Å². The molecule has 0 saturated heterocycles. The molecule has 0 bridgehead atoms. The number of halogens is 1. The Morgan fingerprint density at radius 1 is 1.24 bits per heavy atom. The fraction of sp³-hybridized carbons (Fsp3) is 0.214. The van der Waals surface area contributed by atoms with E-state index in [1.807, 2.05) is 0 Å². The topological polar surface area (TPSA) is 66.5 Å². The third kappa shape index (κ3) is 2.45. The van der Waals surface area contributed by atoms with E-state index in [1.165, 1.54) is 11.1 Å². The van der Waals surface area contributed by atoms with Crippen LogP contribution in [0.5, 0.6) is 0 Å². The maximum Gasteiger partial charge on any atom is 0.226 e. The minimum Gasteiger partial charge on any atom is -0.361 e. The van der Waals surface area contributed by atoms with E-state index in [4.69, 9.17) is 11.6 Å². The van der Waals surface area contributed by atoms with Crippen LogP contribution in [0.25, 0.3) is 11.2 Å². The summed E-state index contributed by atoms with van der Waals surface area (Å²) in [5.41, 5.74) is 4.10. The van der Waals surface area contributed by atoms with Crippen molar-refractivity contribution in [3.05, 3.63) is 47.0 Å². The molecular weight excluding hydrogens is 306 g/mol. The number of anilines is 1. The molecule has 0 unspecified atom stereocenters. The number of aryl methyl sites for hydroxylation is 1. The largest absolute Gasteiger partial charge is 0.361 e. The van der Waals surface area contributed by atoms with Gasteiger partial charge in [0.15, 0.2) is 11.5 Å². The van der Waals surface area contributed by atoms with Crippen LogP contribution in [-0.2, 0) is 6.42 Å². The average Bonchev–Trinajstić information content (AvgIpc) is 3.06. The van der Waals surface area contributed by atoms with Crippen LogP contribution in [0, 0.1) is 0 Å². The van der Waals surface area contributed by atoms with Crippen molar-refractivity contribution in [3.8, 4) is 0 Å². The number of rotatable bonds is 2. The van der Waals surface area contributed by atoms with Crippen LogP contribution >= 0.6 is 25.1 Å². The molecular formula is C14H14ClN5S. The molecule has 7 heteroatoms. The number of aromatic nitrogens is 4. The van der Waals surface area contributed by atoms with Crippen molar-refractivity contribution in [1.82, 2.24) is 19.9 Å². The lowest BCUT2D eigenvalue weighted by Crippen LogP contribution is -2.09. The van der Waals surface area contributed by atoms with E-state index in [0.29, 0.717) is 11.5 Å². The van der Waals surface area contributed by atoms with Gasteiger partial charge in [0.2, 0.25) is 5.28 Å². The molecule has 108 valence electrons. The second-order valence-corrected chi connectivity index (χ2v) is 5.21. The number of nitrogens with one attached hydrogen (secondary N) is 2. The van der Waals surface area contributed by atoms with Crippen molar-refractivity contribution < 1.29 is 0 Å². The summed E-state index contributed by atoms with van der Waals surface area (Å²) in [6.07, 6.45) is 3.73. The van der Waals surface area contributed by atoms with Crippen LogP contribution in [0.15, 0.2) is 30.6 Å². The summed E-state index contributed by atoms with van der Waals surface area (Å²) in [4.78, 5) is 15.6. The molecule has 21 heavy (non-hydrogen) atoms. The highest BCUT2D eigenvalue weighted by Gasteiger charge is 2.23. The van der Waals surface area contributed by atoms with E-state index in [9.17, 15) is 0 Å². The van der Waals surface area contributed by atoms with E-state index < -0.39 is 0 Å². The molecule has 1 aliphatic carbocycles. The Kier molecular flexibility index (Phi) is 3.73. The van der Waals surface area contributed by atoms with Gasteiger partial charge in [-0.1, -0.05) is 24.3 Å². The molecule has 2 N–H and O–H groups in total. The van der Waals surface area contributed by atoms with Gasteiger partial charge in [0.05, 0.1) is 12.4 Å². The molecule has 0 saturated carbocycles. The van der Waals surface area contributed by atoms with Gasteiger partial charge in [-0.25, -0.2) is 4.98 Å². The fourth-order valence-electron chi connectivity index (χ4n) is 2.78. The lowest BCUT2D eigenvalue weighted by molar-refractivity contribution is 0.758. The second kappa shape index (κ2) is 5.54. The van der Waals surface area contributed by atoms with E-state index in [1.54, 1.807) is 6.33 Å². The summed E-state index contributed by atoms with van der Waals surface area (Å²) < 4.78 is 0. The molecule has 2 aromatic heterocycles. The number of fused-ring (bicyclic) bond motifs is 2. The molecule has 1 aromatic carbocycles. The number of H-pyrrole nitrogens is 1. The molecule has 3 aromatic rings. The molecule has 1 atom stereocenters. The average molecular weight is 320 g/mol. The summed E-state index contributed by atoms with van der Waals surface area (Å²) in [5.74, 6) is 0.708. The van der Waals surface area contributed by atoms with Crippen LogP contribution in [0.2, 0.25) is 5.28 Å². The molecule has 0 aliphatic heterocycles. The predicted molar refractivity (Wildman–Crippen MR) is 88.2 cm³/mol. The van der Waals surface area contributed by atoms with Gasteiger partial charge in [0, 0.05) is 0 Å². The summed E-state index contributed by atoms with van der Waals surface area (Å²) in [6, 6.07) is 8.74. The first kappa shape index (κ1) is 14.2. The first-order valence-corrected chi connectivity index (χ1v) is 6.90. The number of imidazole rings is 1. The van der Waals surface area contributed by atoms with Crippen molar-refractivity contribution in [2.24, 2.45) is 0 Å². The summed E-state index contributed by atoms with van der Waals surface area (Å²) in [5, 5.41) is 3.67. The Bertz CT molecular complexity index is 788. The van der Waals surface area contributed by atoms with E-state index in [0.717, 1.165) is 18.4 Å². The summed E-state index contributed by atoms with van der Waals surface area (Å²) in [6.45, 7) is 0. The Labute approximate surface area is 133 Å². The molecule has 0 spiro atoms. The minimum atomic E-state index is 0. The molecule has 4 rings (SSSR count). The van der Waals surface area contributed by atoms with E-state index in [-0.39, 0.29) is 24.8 Å². The number of nitrogens with zero attached hydrogens (tertiary/aromatic N) is 3. The van der Waals surface area contributed by atoms with Gasteiger partial charge in [-0.3, -0.25) is 0 Å². The quantitative estimate of drug-likeness (QED) is 0.712. The van der Waals surface area contributed by atoms with Gasteiger partial charge in [-0.05, 0) is 35.6 Å². The van der Waals surface area contributed by atoms with Crippen LogP contribution in [0.3, 0.4) is 0 Å². The van der Waals surface area contributed by atoms with E-state index >= 15 is 0 Å². The van der Waals surface area contributed by atoms with Crippen molar-refractivity contribution >= 4 is 42.1 Å². The third-order valence-electron chi connectivity index (χ3n) is 3.70. The van der Waals surface area contributed by atoms with Crippen LogP contribution in [-0.4, -0.2) is 19.9 Å². The Hall–Kier alpha value is -1.79. The minimum absolute atomic E-state index is 0. The highest BCUT2D eigenvalue weighted by Crippen LogP contribution is 2.34. The molecule has 0 amide bonds. The molecule has 0 radical (unpaired) electrons. The number of hydrogen-bond acceptors (Lipinski definition) is 4. The normalized spacial score (nSPS) is 16.5. The van der Waals surface area contributed by atoms with Gasteiger partial charge in [0.1, 0.15) is 5.52 Å². The third-order valence-corrected chi connectivity index (χ3v) is 3.87. The number of hydrogen-bond donors (Lipinski definition) is 2. The first-order chi connectivity index (χ1) is 9.81. The van der Waals surface area contributed by atoms with E-state index in [2.05, 4.69) is 49.5 Å². The van der Waals surface area contributed by atoms with Crippen molar-refractivity contribution in [3.63, 3.8) is 0 Å². The highest BCUT2D eigenvalue weighted by molar-refractivity contribution is 7.59. The van der Waals surface area contributed by atoms with Gasteiger partial charge < -0.3 is 10.3 Å². The second-order valence-electron chi connectivity index (χ2n) is 4.88. The van der Waals surface area contributed by atoms with Crippen LogP contribution in [0.1, 0.15) is 23.6 Å². The lowest BCUT2D eigenvalue weighted by atomic mass is 10.1. The zero-order chi connectivity index (χ0) is 13.5. The molecule has 0 fully saturated rings. The summed E-state index contributed by atoms with van der Waals surface area (Å²) >= 11 is 5.95. The van der Waals surface area contributed by atoms with Crippen molar-refractivity contribution in [1.29, 1.82) is 0 Å². The number of aromatic amines is 1. The van der Waals surface area contributed by atoms with Crippen molar-refractivity contribution in [2.45, 2.75) is 18.9 Å². The van der Waals surface area contributed by atoms with Crippen LogP contribution in [0.4, 0.5) is 5.82 Å². The van der Waals surface area contributed by atoms with Gasteiger partial charge in [-0.2, -0.15) is 23.5 Å². The lowest BCUT2D eigenvalue weighted by Gasteiger charge is -2.15. The molecule has 1 aliphatic rings. The first-order valence-electron chi connectivity index (χ1n) is 6.52. The molecule has 2 heterocycles. The Morgan fingerprint density at radius 2 is 2.10 bits per heavy atom. The van der Waals surface area contributed by atoms with Gasteiger partial charge >= 0.3 is 0 Å². The number of benzene rings is 1. The van der Waals surface area contributed by atoms with Gasteiger partial charge in [-0.15, -0.1) is 0 Å². The zero-order valence-corrected chi connectivity index (χ0v) is 12.9. The monoisotopic (exact) mass is 319 g/mol.